The summed E-state index contributed by atoms with van der Waals surface area (Å²) in [6.45, 7) is 0.196. The molecule has 3 aromatic heterocycles. The van der Waals surface area contributed by atoms with Crippen molar-refractivity contribution < 1.29 is 9.47 Å². The predicted molar refractivity (Wildman–Crippen MR) is 146 cm³/mol. The second-order valence-electron chi connectivity index (χ2n) is 8.13. The van der Waals surface area contributed by atoms with Crippen molar-refractivity contribution in [1.29, 1.82) is 0 Å². The molecule has 0 amide bonds. The van der Waals surface area contributed by atoms with Crippen molar-refractivity contribution in [2.24, 2.45) is 0 Å². The van der Waals surface area contributed by atoms with Gasteiger partial charge in [0, 0.05) is 40.3 Å². The molecule has 0 radical (unpaired) electrons. The summed E-state index contributed by atoms with van der Waals surface area (Å²) in [4.78, 5) is 35.6. The Balaban J connectivity index is 1.69. The lowest BCUT2D eigenvalue weighted by Gasteiger charge is -2.16. The zero-order chi connectivity index (χ0) is 26.6. The Bertz CT molecular complexity index is 1740. The van der Waals surface area contributed by atoms with E-state index in [2.05, 4.69) is 9.97 Å². The minimum atomic E-state index is -0.617. The summed E-state index contributed by atoms with van der Waals surface area (Å²) in [6, 6.07) is 18.9. The average molecular weight is 547 g/mol. The third kappa shape index (κ3) is 5.04. The first-order chi connectivity index (χ1) is 18.5. The van der Waals surface area contributed by atoms with Crippen molar-refractivity contribution in [3.8, 4) is 34.1 Å². The van der Waals surface area contributed by atoms with Crippen LogP contribution in [0.1, 0.15) is 5.56 Å². The molecule has 0 unspecified atom stereocenters. The molecule has 0 aliphatic carbocycles. The molecule has 0 atom stereocenters. The summed E-state index contributed by atoms with van der Waals surface area (Å²) >= 11 is 12.7. The van der Waals surface area contributed by atoms with E-state index in [1.807, 2.05) is 18.2 Å². The van der Waals surface area contributed by atoms with Crippen LogP contribution in [0, 0.1) is 0 Å². The topological polar surface area (TPSA) is 88.2 Å². The summed E-state index contributed by atoms with van der Waals surface area (Å²) in [5, 5.41) is 0.910. The molecule has 5 aromatic rings. The Morgan fingerprint density at radius 2 is 1.71 bits per heavy atom. The summed E-state index contributed by atoms with van der Waals surface area (Å²) < 4.78 is 13.7. The third-order valence-electron chi connectivity index (χ3n) is 5.73. The zero-order valence-electron chi connectivity index (χ0n) is 20.0. The highest BCUT2D eigenvalue weighted by Gasteiger charge is 2.19. The highest BCUT2D eigenvalue weighted by Crippen LogP contribution is 2.28. The van der Waals surface area contributed by atoms with E-state index in [1.165, 1.54) is 24.1 Å². The van der Waals surface area contributed by atoms with Crippen LogP contribution in [0.25, 0.3) is 22.5 Å². The van der Waals surface area contributed by atoms with Gasteiger partial charge in [0.2, 0.25) is 5.88 Å². The van der Waals surface area contributed by atoms with Gasteiger partial charge in [0.25, 0.3) is 5.56 Å². The number of benzene rings is 2. The minimum absolute atomic E-state index is 0.192. The Labute approximate surface area is 227 Å². The fourth-order valence-corrected chi connectivity index (χ4v) is 4.35. The lowest BCUT2D eigenvalue weighted by Crippen LogP contribution is -2.38. The number of rotatable bonds is 7. The van der Waals surface area contributed by atoms with Gasteiger partial charge in [0.15, 0.2) is 0 Å². The molecule has 0 saturated heterocycles. The Hall–Kier alpha value is -4.40. The maximum atomic E-state index is 13.7. The van der Waals surface area contributed by atoms with Crippen LogP contribution in [-0.4, -0.2) is 26.2 Å². The van der Waals surface area contributed by atoms with E-state index in [0.717, 1.165) is 10.1 Å². The molecular weight excluding hydrogens is 527 g/mol. The molecule has 0 fully saturated rings. The summed E-state index contributed by atoms with van der Waals surface area (Å²) in [7, 11) is 1.46. The molecule has 3 heterocycles. The van der Waals surface area contributed by atoms with E-state index >= 15 is 0 Å². The quantitative estimate of drug-likeness (QED) is 0.274. The number of ether oxygens (including phenoxy) is 2. The summed E-state index contributed by atoms with van der Waals surface area (Å²) in [6.07, 6.45) is 5.99. The monoisotopic (exact) mass is 546 g/mol. The molecule has 2 aromatic carbocycles. The molecule has 190 valence electrons. The van der Waals surface area contributed by atoms with Gasteiger partial charge in [-0.2, -0.15) is 0 Å². The number of aromatic nitrogens is 4. The minimum Gasteiger partial charge on any atom is -0.489 e. The number of nitrogens with zero attached hydrogens (tertiary/aromatic N) is 4. The van der Waals surface area contributed by atoms with Crippen molar-refractivity contribution >= 4 is 23.2 Å². The second-order valence-corrected chi connectivity index (χ2v) is 8.98. The predicted octanol–water partition coefficient (Wildman–Crippen LogP) is 5.34. The normalized spacial score (nSPS) is 10.8. The lowest BCUT2D eigenvalue weighted by molar-refractivity contribution is 0.306. The molecule has 0 aliphatic heterocycles. The number of hydrogen-bond acceptors (Lipinski definition) is 6. The molecule has 0 spiro atoms. The van der Waals surface area contributed by atoms with Crippen LogP contribution in [0.5, 0.6) is 11.6 Å². The van der Waals surface area contributed by atoms with Gasteiger partial charge >= 0.3 is 5.69 Å². The smallest absolute Gasteiger partial charge is 0.340 e. The van der Waals surface area contributed by atoms with Crippen molar-refractivity contribution in [3.05, 3.63) is 128 Å². The second kappa shape index (κ2) is 10.9. The largest absolute Gasteiger partial charge is 0.489 e. The van der Waals surface area contributed by atoms with E-state index in [9.17, 15) is 9.59 Å². The van der Waals surface area contributed by atoms with Crippen LogP contribution in [-0.2, 0) is 6.61 Å². The molecule has 0 N–H and O–H groups in total. The van der Waals surface area contributed by atoms with Gasteiger partial charge in [0.05, 0.1) is 35.8 Å². The first kappa shape index (κ1) is 25.3. The molecule has 0 bridgehead atoms. The van der Waals surface area contributed by atoms with E-state index in [-0.39, 0.29) is 18.1 Å². The first-order valence-electron chi connectivity index (χ1n) is 11.4. The van der Waals surface area contributed by atoms with E-state index in [1.54, 1.807) is 60.9 Å². The molecule has 0 saturated carbocycles. The molecule has 8 nitrogen and oxygen atoms in total. The van der Waals surface area contributed by atoms with E-state index in [0.29, 0.717) is 32.7 Å². The van der Waals surface area contributed by atoms with Crippen LogP contribution in [0.3, 0.4) is 0 Å². The highest BCUT2D eigenvalue weighted by atomic mass is 35.5. The SMILES string of the molecule is COc1ncccc1-c1cn(-c2cc(Cl)cc(OCc3ccccc3Cl)c2)c(=O)n(-c2cccnc2)c1=O. The standard InChI is InChI=1S/C28H20Cl2N4O4/c1-37-26-23(8-5-11-32-26)24-16-33(28(36)34(27(24)35)20-7-4-10-31-15-20)21-12-19(29)13-22(14-21)38-17-18-6-2-3-9-25(18)30/h2-16H,17H2,1H3. The van der Waals surface area contributed by atoms with Crippen LogP contribution in [0.15, 0.2) is 101 Å². The van der Waals surface area contributed by atoms with Crippen molar-refractivity contribution in [3.63, 3.8) is 0 Å². The zero-order valence-corrected chi connectivity index (χ0v) is 21.6. The Morgan fingerprint density at radius 1 is 0.895 bits per heavy atom. The van der Waals surface area contributed by atoms with Crippen molar-refractivity contribution in [2.75, 3.05) is 7.11 Å². The maximum absolute atomic E-state index is 13.7. The van der Waals surface area contributed by atoms with E-state index in [4.69, 9.17) is 32.7 Å². The molecule has 5 rings (SSSR count). The third-order valence-corrected chi connectivity index (χ3v) is 6.32. The van der Waals surface area contributed by atoms with E-state index < -0.39 is 11.2 Å². The number of hydrogen-bond donors (Lipinski definition) is 0. The van der Waals surface area contributed by atoms with Crippen LogP contribution in [0.2, 0.25) is 10.0 Å². The van der Waals surface area contributed by atoms with Crippen LogP contribution < -0.4 is 20.7 Å². The van der Waals surface area contributed by atoms with Gasteiger partial charge in [-0.1, -0.05) is 41.4 Å². The Kier molecular flexibility index (Phi) is 7.26. The van der Waals surface area contributed by atoms with Gasteiger partial charge in [-0.25, -0.2) is 14.3 Å². The average Bonchev–Trinajstić information content (AvgIpc) is 2.93. The lowest BCUT2D eigenvalue weighted by atomic mass is 10.1. The van der Waals surface area contributed by atoms with Crippen molar-refractivity contribution in [1.82, 2.24) is 19.1 Å². The van der Waals surface area contributed by atoms with Crippen LogP contribution in [0.4, 0.5) is 0 Å². The number of methoxy groups -OCH3 is 1. The van der Waals surface area contributed by atoms with Crippen LogP contribution >= 0.6 is 23.2 Å². The summed E-state index contributed by atoms with van der Waals surface area (Å²) in [5.41, 5.74) is 0.928. The first-order valence-corrected chi connectivity index (χ1v) is 12.2. The molecular formula is C28H20Cl2N4O4. The van der Waals surface area contributed by atoms with Gasteiger partial charge in [0.1, 0.15) is 12.4 Å². The molecule has 10 heteroatoms. The molecule has 38 heavy (non-hydrogen) atoms. The summed E-state index contributed by atoms with van der Waals surface area (Å²) in [5.74, 6) is 0.654. The van der Waals surface area contributed by atoms with Gasteiger partial charge < -0.3 is 9.47 Å². The number of halogens is 2. The fourth-order valence-electron chi connectivity index (χ4n) is 3.94. The van der Waals surface area contributed by atoms with Gasteiger partial charge in [-0.05, 0) is 42.5 Å². The van der Waals surface area contributed by atoms with Gasteiger partial charge in [-0.15, -0.1) is 0 Å². The van der Waals surface area contributed by atoms with Gasteiger partial charge in [-0.3, -0.25) is 14.3 Å². The maximum Gasteiger partial charge on any atom is 0.340 e. The van der Waals surface area contributed by atoms with Crippen molar-refractivity contribution in [2.45, 2.75) is 6.61 Å². The Morgan fingerprint density at radius 3 is 2.47 bits per heavy atom. The highest BCUT2D eigenvalue weighted by molar-refractivity contribution is 6.31. The fraction of sp³-hybridized carbons (Fsp3) is 0.0714. The molecule has 0 aliphatic rings. The number of pyridine rings is 2.